The predicted molar refractivity (Wildman–Crippen MR) is 75.5 cm³/mol. The average Bonchev–Trinajstić information content (AvgIpc) is 2.37. The van der Waals surface area contributed by atoms with Crippen LogP contribution in [0.5, 0.6) is 0 Å². The minimum atomic E-state index is -0.0206. The van der Waals surface area contributed by atoms with Crippen molar-refractivity contribution in [3.63, 3.8) is 0 Å². The fourth-order valence-corrected chi connectivity index (χ4v) is 2.32. The molecule has 0 saturated carbocycles. The number of esters is 1. The van der Waals surface area contributed by atoms with E-state index in [1.807, 2.05) is 0 Å². The molecule has 0 unspecified atom stereocenters. The molecule has 1 aliphatic rings. The van der Waals surface area contributed by atoms with E-state index in [9.17, 15) is 4.79 Å². The molecule has 0 aromatic rings. The third-order valence-electron chi connectivity index (χ3n) is 3.47. The fraction of sp³-hybridized carbons (Fsp3) is 0.812. The van der Waals surface area contributed by atoms with E-state index in [1.165, 1.54) is 57.8 Å². The summed E-state index contributed by atoms with van der Waals surface area (Å²) in [6.07, 6.45) is 18.6. The van der Waals surface area contributed by atoms with Gasteiger partial charge < -0.3 is 4.74 Å². The molecule has 0 saturated heterocycles. The number of cyclic esters (lactones) is 1. The van der Waals surface area contributed by atoms with Crippen LogP contribution in [0.1, 0.15) is 77.0 Å². The number of carbonyl (C=O) groups excluding carboxylic acids is 1. The van der Waals surface area contributed by atoms with E-state index in [0.717, 1.165) is 12.8 Å². The van der Waals surface area contributed by atoms with Crippen molar-refractivity contribution in [1.82, 2.24) is 0 Å². The van der Waals surface area contributed by atoms with Gasteiger partial charge in [-0.2, -0.15) is 0 Å². The summed E-state index contributed by atoms with van der Waals surface area (Å²) in [5.74, 6) is -0.0206. The third kappa shape index (κ3) is 9.26. The minimum Gasteiger partial charge on any atom is -0.465 e. The van der Waals surface area contributed by atoms with Gasteiger partial charge in [0, 0.05) is 6.42 Å². The summed E-state index contributed by atoms with van der Waals surface area (Å²) in [7, 11) is 0. The van der Waals surface area contributed by atoms with E-state index >= 15 is 0 Å². The van der Waals surface area contributed by atoms with Crippen LogP contribution < -0.4 is 0 Å². The van der Waals surface area contributed by atoms with Crippen LogP contribution in [0, 0.1) is 0 Å². The maximum atomic E-state index is 11.4. The monoisotopic (exact) mass is 252 g/mol. The summed E-state index contributed by atoms with van der Waals surface area (Å²) in [5, 5.41) is 0. The van der Waals surface area contributed by atoms with Gasteiger partial charge in [0.2, 0.25) is 0 Å². The highest BCUT2D eigenvalue weighted by Crippen LogP contribution is 2.12. The largest absolute Gasteiger partial charge is 0.465 e. The maximum absolute atomic E-state index is 11.4. The van der Waals surface area contributed by atoms with E-state index in [1.54, 1.807) is 0 Å². The first-order valence-electron chi connectivity index (χ1n) is 7.70. The van der Waals surface area contributed by atoms with Crippen molar-refractivity contribution in [1.29, 1.82) is 0 Å². The van der Waals surface area contributed by atoms with Gasteiger partial charge in [-0.3, -0.25) is 4.79 Å². The highest BCUT2D eigenvalue weighted by atomic mass is 16.5. The van der Waals surface area contributed by atoms with E-state index in [2.05, 4.69) is 12.2 Å². The van der Waals surface area contributed by atoms with Crippen LogP contribution >= 0.6 is 0 Å². The summed E-state index contributed by atoms with van der Waals surface area (Å²) in [5.41, 5.74) is 0. The Hall–Kier alpha value is -0.790. The first-order chi connectivity index (χ1) is 8.89. The smallest absolute Gasteiger partial charge is 0.305 e. The number of carbonyl (C=O) groups is 1. The highest BCUT2D eigenvalue weighted by Gasteiger charge is 2.01. The zero-order valence-corrected chi connectivity index (χ0v) is 11.7. The first kappa shape index (κ1) is 15.3. The molecule has 1 heterocycles. The maximum Gasteiger partial charge on any atom is 0.305 e. The Morgan fingerprint density at radius 2 is 1.28 bits per heavy atom. The van der Waals surface area contributed by atoms with Crippen LogP contribution in [0.4, 0.5) is 0 Å². The van der Waals surface area contributed by atoms with E-state index in [4.69, 9.17) is 4.74 Å². The normalized spacial score (nSPS) is 23.9. The van der Waals surface area contributed by atoms with Crippen molar-refractivity contribution in [3.05, 3.63) is 12.2 Å². The molecule has 18 heavy (non-hydrogen) atoms. The van der Waals surface area contributed by atoms with Crippen molar-refractivity contribution >= 4 is 5.97 Å². The highest BCUT2D eigenvalue weighted by molar-refractivity contribution is 5.69. The molecule has 104 valence electrons. The first-order valence-corrected chi connectivity index (χ1v) is 7.70. The quantitative estimate of drug-likeness (QED) is 0.458. The molecule has 0 aliphatic carbocycles. The molecule has 0 amide bonds. The lowest BCUT2D eigenvalue weighted by Gasteiger charge is -2.03. The zero-order chi connectivity index (χ0) is 12.9. The summed E-state index contributed by atoms with van der Waals surface area (Å²) in [4.78, 5) is 11.4. The third-order valence-corrected chi connectivity index (χ3v) is 3.47. The van der Waals surface area contributed by atoms with Crippen molar-refractivity contribution in [2.24, 2.45) is 0 Å². The van der Waals surface area contributed by atoms with Crippen LogP contribution in [-0.4, -0.2) is 12.6 Å². The van der Waals surface area contributed by atoms with Crippen molar-refractivity contribution in [2.75, 3.05) is 6.61 Å². The van der Waals surface area contributed by atoms with E-state index < -0.39 is 0 Å². The number of rotatable bonds is 0. The molecule has 0 spiro atoms. The Bertz CT molecular complexity index is 233. The van der Waals surface area contributed by atoms with Crippen LogP contribution in [0.3, 0.4) is 0 Å². The molecular weight excluding hydrogens is 224 g/mol. The average molecular weight is 252 g/mol. The molecule has 0 N–H and O–H groups in total. The van der Waals surface area contributed by atoms with Gasteiger partial charge in [-0.25, -0.2) is 0 Å². The van der Waals surface area contributed by atoms with Gasteiger partial charge in [0.05, 0.1) is 6.61 Å². The summed E-state index contributed by atoms with van der Waals surface area (Å²) in [6, 6.07) is 0. The molecule has 2 heteroatoms. The molecular formula is C16H28O2. The van der Waals surface area contributed by atoms with Gasteiger partial charge in [-0.15, -0.1) is 0 Å². The Morgan fingerprint density at radius 1 is 0.722 bits per heavy atom. The number of ether oxygens (including phenoxy) is 1. The lowest BCUT2D eigenvalue weighted by Crippen LogP contribution is -2.04. The Balaban J connectivity index is 2.18. The van der Waals surface area contributed by atoms with Gasteiger partial charge in [-0.05, 0) is 25.7 Å². The van der Waals surface area contributed by atoms with Crippen LogP contribution in [0.25, 0.3) is 0 Å². The molecule has 0 aromatic carbocycles. The van der Waals surface area contributed by atoms with Crippen molar-refractivity contribution in [3.8, 4) is 0 Å². The topological polar surface area (TPSA) is 26.3 Å². The Labute approximate surface area is 112 Å². The summed E-state index contributed by atoms with van der Waals surface area (Å²) < 4.78 is 5.18. The lowest BCUT2D eigenvalue weighted by atomic mass is 10.1. The van der Waals surface area contributed by atoms with Crippen LogP contribution in [-0.2, 0) is 9.53 Å². The zero-order valence-electron chi connectivity index (χ0n) is 11.7. The molecule has 2 nitrogen and oxygen atoms in total. The van der Waals surface area contributed by atoms with Gasteiger partial charge >= 0.3 is 5.97 Å². The second-order valence-electron chi connectivity index (χ2n) is 5.20. The molecule has 0 bridgehead atoms. The lowest BCUT2D eigenvalue weighted by molar-refractivity contribution is -0.143. The number of hydrogen-bond donors (Lipinski definition) is 0. The summed E-state index contributed by atoms with van der Waals surface area (Å²) in [6.45, 7) is 0.551. The predicted octanol–water partition coefficient (Wildman–Crippen LogP) is 4.78. The molecule has 1 aliphatic heterocycles. The molecule has 0 aromatic heterocycles. The molecule has 0 fully saturated rings. The van der Waals surface area contributed by atoms with Crippen LogP contribution in [0.2, 0.25) is 0 Å². The van der Waals surface area contributed by atoms with E-state index in [-0.39, 0.29) is 5.97 Å². The van der Waals surface area contributed by atoms with Gasteiger partial charge in [-0.1, -0.05) is 57.1 Å². The van der Waals surface area contributed by atoms with Gasteiger partial charge in [0.15, 0.2) is 0 Å². The Kier molecular flexibility index (Phi) is 9.59. The second kappa shape index (κ2) is 11.3. The SMILES string of the molecule is O=C1CCCCCCCCCCC/C=C/CCO1. The van der Waals surface area contributed by atoms with Crippen molar-refractivity contribution in [2.45, 2.75) is 77.0 Å². The summed E-state index contributed by atoms with van der Waals surface area (Å²) >= 11 is 0. The fourth-order valence-electron chi connectivity index (χ4n) is 2.32. The van der Waals surface area contributed by atoms with E-state index in [0.29, 0.717) is 13.0 Å². The number of hydrogen-bond acceptors (Lipinski definition) is 2. The van der Waals surface area contributed by atoms with Gasteiger partial charge in [0.1, 0.15) is 0 Å². The molecule has 0 atom stereocenters. The van der Waals surface area contributed by atoms with Gasteiger partial charge in [0.25, 0.3) is 0 Å². The standard InChI is InChI=1S/C16H28O2/c17-16-14-12-10-8-6-4-2-1-3-5-7-9-11-13-15-18-16/h9,11H,1-8,10,12-15H2/b11-9+. The second-order valence-corrected chi connectivity index (χ2v) is 5.20. The Morgan fingerprint density at radius 3 is 2.00 bits per heavy atom. The number of allylic oxidation sites excluding steroid dienone is 1. The van der Waals surface area contributed by atoms with Crippen LogP contribution in [0.15, 0.2) is 12.2 Å². The molecule has 0 radical (unpaired) electrons. The minimum absolute atomic E-state index is 0.0206. The van der Waals surface area contributed by atoms with Crippen molar-refractivity contribution < 1.29 is 9.53 Å². The molecule has 1 rings (SSSR count).